The van der Waals surface area contributed by atoms with Gasteiger partial charge in [0.05, 0.1) is 30.0 Å². The molecule has 0 aliphatic carbocycles. The summed E-state index contributed by atoms with van der Waals surface area (Å²) in [7, 11) is 0. The maximum Gasteiger partial charge on any atom is 0.317 e. The van der Waals surface area contributed by atoms with E-state index in [1.165, 1.54) is 0 Å². The first kappa shape index (κ1) is 21.9. The van der Waals surface area contributed by atoms with E-state index in [4.69, 9.17) is 14.1 Å². The minimum Gasteiger partial charge on any atom is -0.403 e. The summed E-state index contributed by atoms with van der Waals surface area (Å²) < 4.78 is 11.8. The first-order valence-corrected chi connectivity index (χ1v) is 12.4. The van der Waals surface area contributed by atoms with Crippen LogP contribution in [0.25, 0.3) is 11.5 Å². The van der Waals surface area contributed by atoms with Crippen LogP contribution in [0.15, 0.2) is 82.3 Å². The first-order chi connectivity index (χ1) is 18.2. The lowest BCUT2D eigenvalue weighted by atomic mass is 9.96. The molecule has 1 unspecified atom stereocenters. The second kappa shape index (κ2) is 8.94. The zero-order valence-electron chi connectivity index (χ0n) is 19.9. The molecule has 0 spiro atoms. The predicted molar refractivity (Wildman–Crippen MR) is 138 cm³/mol. The number of nitrogens with one attached hydrogen (secondary N) is 1. The molecule has 184 valence electrons. The van der Waals surface area contributed by atoms with Crippen molar-refractivity contribution in [2.45, 2.75) is 31.2 Å². The summed E-state index contributed by atoms with van der Waals surface area (Å²) in [5.41, 5.74) is 4.33. The predicted octanol–water partition coefficient (Wildman–Crippen LogP) is 3.51. The van der Waals surface area contributed by atoms with Crippen molar-refractivity contribution in [3.8, 4) is 11.5 Å². The smallest absolute Gasteiger partial charge is 0.317 e. The van der Waals surface area contributed by atoms with Gasteiger partial charge < -0.3 is 19.4 Å². The quantitative estimate of drug-likeness (QED) is 0.451. The number of carbonyl (C=O) groups excluding carboxylic acids is 1. The van der Waals surface area contributed by atoms with Gasteiger partial charge in [0.1, 0.15) is 5.82 Å². The van der Waals surface area contributed by atoms with E-state index in [2.05, 4.69) is 25.4 Å². The third-order valence-corrected chi connectivity index (χ3v) is 7.12. The van der Waals surface area contributed by atoms with E-state index in [0.29, 0.717) is 18.5 Å². The van der Waals surface area contributed by atoms with Crippen molar-refractivity contribution in [1.82, 2.24) is 15.2 Å². The molecule has 1 N–H and O–H groups in total. The molecule has 37 heavy (non-hydrogen) atoms. The topological polar surface area (TPSA) is 106 Å². The van der Waals surface area contributed by atoms with Crippen molar-refractivity contribution in [2.75, 3.05) is 23.4 Å². The van der Waals surface area contributed by atoms with E-state index in [1.54, 1.807) is 6.20 Å². The molecule has 2 saturated heterocycles. The standard InChI is InChI=1S/C28H24N6O3/c35-23-13-18-9-4-5-10-21(18)24(17-7-2-1-3-8-17)30-25(23)31-28-33-32-27(37-28)22-11-6-12-29-26(22)34-15-20-14-19(34)16-36-20/h1-12,19-20,25H,13-16H2,(H,31,33)/t19-,20-,25?/m0/s1. The number of aromatic nitrogens is 3. The average molecular weight is 493 g/mol. The van der Waals surface area contributed by atoms with E-state index < -0.39 is 6.17 Å². The van der Waals surface area contributed by atoms with Gasteiger partial charge in [-0.2, -0.15) is 0 Å². The molecule has 2 bridgehead atoms. The van der Waals surface area contributed by atoms with Crippen molar-refractivity contribution < 1.29 is 13.9 Å². The van der Waals surface area contributed by atoms with Crippen LogP contribution in [0.3, 0.4) is 0 Å². The van der Waals surface area contributed by atoms with Crippen LogP contribution < -0.4 is 10.2 Å². The Labute approximate surface area is 213 Å². The zero-order chi connectivity index (χ0) is 24.8. The van der Waals surface area contributed by atoms with Crippen molar-refractivity contribution in [3.63, 3.8) is 0 Å². The molecule has 4 aromatic rings. The number of nitrogens with zero attached hydrogens (tertiary/aromatic N) is 5. The summed E-state index contributed by atoms with van der Waals surface area (Å²) in [6.45, 7) is 1.49. The van der Waals surface area contributed by atoms with Crippen LogP contribution >= 0.6 is 0 Å². The van der Waals surface area contributed by atoms with Gasteiger partial charge in [0.25, 0.3) is 5.89 Å². The molecular formula is C28H24N6O3. The Kier molecular flexibility index (Phi) is 5.28. The van der Waals surface area contributed by atoms with Crippen LogP contribution in [0, 0.1) is 0 Å². The number of hydrogen-bond donors (Lipinski definition) is 1. The van der Waals surface area contributed by atoms with E-state index in [0.717, 1.165) is 46.7 Å². The summed E-state index contributed by atoms with van der Waals surface area (Å²) >= 11 is 0. The number of ether oxygens (including phenoxy) is 1. The highest BCUT2D eigenvalue weighted by atomic mass is 16.5. The van der Waals surface area contributed by atoms with Crippen LogP contribution in [0.4, 0.5) is 11.8 Å². The third kappa shape index (κ3) is 3.97. The van der Waals surface area contributed by atoms with Crippen molar-refractivity contribution in [1.29, 1.82) is 0 Å². The highest BCUT2D eigenvalue weighted by Crippen LogP contribution is 2.37. The molecule has 0 radical (unpaired) electrons. The average Bonchev–Trinajstić information content (AvgIpc) is 3.68. The highest BCUT2D eigenvalue weighted by molar-refractivity contribution is 6.16. The molecule has 9 nitrogen and oxygen atoms in total. The summed E-state index contributed by atoms with van der Waals surface area (Å²) in [4.78, 5) is 25.0. The molecular weight excluding hydrogens is 468 g/mol. The van der Waals surface area contributed by atoms with Crippen LogP contribution in [0.2, 0.25) is 0 Å². The third-order valence-electron chi connectivity index (χ3n) is 7.12. The number of rotatable bonds is 5. The molecule has 3 atom stereocenters. The Hall–Kier alpha value is -4.37. The molecule has 3 aliphatic rings. The van der Waals surface area contributed by atoms with Gasteiger partial charge in [0.15, 0.2) is 11.9 Å². The summed E-state index contributed by atoms with van der Waals surface area (Å²) in [6.07, 6.45) is 2.39. The fourth-order valence-electron chi connectivity index (χ4n) is 5.36. The Bertz CT molecular complexity index is 1500. The van der Waals surface area contributed by atoms with E-state index >= 15 is 0 Å². The van der Waals surface area contributed by atoms with Gasteiger partial charge in [-0.25, -0.2) is 4.98 Å². The fourth-order valence-corrected chi connectivity index (χ4v) is 5.36. The molecule has 0 amide bonds. The molecule has 5 heterocycles. The van der Waals surface area contributed by atoms with Gasteiger partial charge in [-0.15, -0.1) is 5.10 Å². The second-order valence-electron chi connectivity index (χ2n) is 9.48. The molecule has 2 aromatic carbocycles. The lowest BCUT2D eigenvalue weighted by Gasteiger charge is -2.28. The lowest BCUT2D eigenvalue weighted by molar-refractivity contribution is -0.119. The number of Topliss-reactive ketones (excluding diaryl/α,β-unsaturated/α-hetero) is 1. The lowest BCUT2D eigenvalue weighted by Crippen LogP contribution is -2.37. The Morgan fingerprint density at radius 2 is 1.78 bits per heavy atom. The largest absolute Gasteiger partial charge is 0.403 e. The van der Waals surface area contributed by atoms with E-state index in [1.807, 2.05) is 66.7 Å². The number of hydrogen-bond acceptors (Lipinski definition) is 9. The minimum atomic E-state index is -0.865. The normalized spacial score (nSPS) is 22.5. The van der Waals surface area contributed by atoms with E-state index in [-0.39, 0.29) is 24.3 Å². The first-order valence-electron chi connectivity index (χ1n) is 12.4. The number of anilines is 2. The fraction of sp³-hybridized carbons (Fsp3) is 0.250. The molecule has 9 heteroatoms. The van der Waals surface area contributed by atoms with Gasteiger partial charge in [0.2, 0.25) is 0 Å². The molecule has 7 rings (SSSR count). The molecule has 3 aliphatic heterocycles. The Morgan fingerprint density at radius 1 is 0.946 bits per heavy atom. The maximum atomic E-state index is 13.2. The van der Waals surface area contributed by atoms with Crippen molar-refractivity contribution in [2.24, 2.45) is 4.99 Å². The van der Waals surface area contributed by atoms with Gasteiger partial charge in [0, 0.05) is 30.3 Å². The number of morpholine rings is 1. The number of fused-ring (bicyclic) bond motifs is 3. The van der Waals surface area contributed by atoms with E-state index in [9.17, 15) is 4.79 Å². The summed E-state index contributed by atoms with van der Waals surface area (Å²) in [5.74, 6) is 1.07. The highest BCUT2D eigenvalue weighted by Gasteiger charge is 2.40. The number of carbonyl (C=O) groups is 1. The molecule has 2 fully saturated rings. The van der Waals surface area contributed by atoms with Gasteiger partial charge >= 0.3 is 6.01 Å². The van der Waals surface area contributed by atoms with Crippen molar-refractivity contribution >= 4 is 23.3 Å². The second-order valence-corrected chi connectivity index (χ2v) is 9.48. The molecule has 2 aromatic heterocycles. The maximum absolute atomic E-state index is 13.2. The SMILES string of the molecule is O=C1Cc2ccccc2C(c2ccccc2)=NC1Nc1nnc(-c2cccnc2N2C[C@@H]3C[C@H]2CO3)o1. The number of pyridine rings is 1. The van der Waals surface area contributed by atoms with Crippen LogP contribution in [0.1, 0.15) is 23.1 Å². The Balaban J connectivity index is 1.20. The van der Waals surface area contributed by atoms with Crippen molar-refractivity contribution in [3.05, 3.63) is 89.6 Å². The monoisotopic (exact) mass is 492 g/mol. The van der Waals surface area contributed by atoms with Crippen LogP contribution in [0.5, 0.6) is 0 Å². The van der Waals surface area contributed by atoms with Crippen LogP contribution in [-0.2, 0) is 16.0 Å². The molecule has 0 saturated carbocycles. The zero-order valence-corrected chi connectivity index (χ0v) is 19.9. The summed E-state index contributed by atoms with van der Waals surface area (Å²) in [5, 5.41) is 11.5. The number of aliphatic imine (C=N–C) groups is 1. The minimum absolute atomic E-state index is 0.0757. The number of benzene rings is 2. The van der Waals surface area contributed by atoms with Crippen LogP contribution in [-0.4, -0.2) is 58.1 Å². The van der Waals surface area contributed by atoms with Gasteiger partial charge in [-0.05, 0) is 24.1 Å². The number of ketones is 1. The van der Waals surface area contributed by atoms with Gasteiger partial charge in [-0.1, -0.05) is 59.7 Å². The Morgan fingerprint density at radius 3 is 2.62 bits per heavy atom. The van der Waals surface area contributed by atoms with Gasteiger partial charge in [-0.3, -0.25) is 9.79 Å². The summed E-state index contributed by atoms with van der Waals surface area (Å²) in [6, 6.07) is 22.0.